The maximum atomic E-state index is 5.62. The van der Waals surface area contributed by atoms with Crippen LogP contribution in [0.15, 0.2) is 18.5 Å². The molecule has 0 bridgehead atoms. The van der Waals surface area contributed by atoms with Gasteiger partial charge in [0.05, 0.1) is 17.6 Å². The molecule has 0 saturated heterocycles. The standard InChI is InChI=1S/C7H8N4/c1-5-4-9-11-3-2-6(8)7(11)10-5/h2-4H,8H2,1H3. The van der Waals surface area contributed by atoms with Crippen molar-refractivity contribution in [1.82, 2.24) is 14.6 Å². The number of hydrogen-bond acceptors (Lipinski definition) is 3. The van der Waals surface area contributed by atoms with Gasteiger partial charge in [-0.05, 0) is 13.0 Å². The maximum Gasteiger partial charge on any atom is 0.176 e. The van der Waals surface area contributed by atoms with E-state index in [2.05, 4.69) is 10.1 Å². The maximum absolute atomic E-state index is 5.62. The van der Waals surface area contributed by atoms with Crippen molar-refractivity contribution in [3.05, 3.63) is 24.2 Å². The summed E-state index contributed by atoms with van der Waals surface area (Å²) in [7, 11) is 0. The average molecular weight is 148 g/mol. The summed E-state index contributed by atoms with van der Waals surface area (Å²) in [6, 6.07) is 1.79. The van der Waals surface area contributed by atoms with E-state index in [4.69, 9.17) is 5.73 Å². The number of hydrogen-bond donors (Lipinski definition) is 1. The zero-order valence-corrected chi connectivity index (χ0v) is 6.15. The van der Waals surface area contributed by atoms with Gasteiger partial charge in [0, 0.05) is 6.20 Å². The van der Waals surface area contributed by atoms with Gasteiger partial charge in [0.2, 0.25) is 0 Å². The first-order valence-electron chi connectivity index (χ1n) is 3.34. The van der Waals surface area contributed by atoms with Crippen molar-refractivity contribution in [2.24, 2.45) is 0 Å². The molecule has 0 aromatic carbocycles. The summed E-state index contributed by atoms with van der Waals surface area (Å²) in [6.45, 7) is 1.89. The molecule has 0 radical (unpaired) electrons. The van der Waals surface area contributed by atoms with Gasteiger partial charge in [-0.25, -0.2) is 9.50 Å². The molecule has 2 heterocycles. The third kappa shape index (κ3) is 0.832. The number of aryl methyl sites for hydroxylation is 1. The van der Waals surface area contributed by atoms with Gasteiger partial charge in [-0.15, -0.1) is 0 Å². The molecule has 0 aliphatic carbocycles. The molecule has 0 aliphatic rings. The number of nitrogens with two attached hydrogens (primary N) is 1. The third-order valence-electron chi connectivity index (χ3n) is 1.52. The smallest absolute Gasteiger partial charge is 0.176 e. The largest absolute Gasteiger partial charge is 0.396 e. The molecule has 0 aliphatic heterocycles. The molecule has 11 heavy (non-hydrogen) atoms. The highest BCUT2D eigenvalue weighted by Gasteiger charge is 1.99. The van der Waals surface area contributed by atoms with E-state index in [1.807, 2.05) is 6.92 Å². The van der Waals surface area contributed by atoms with Gasteiger partial charge in [-0.1, -0.05) is 0 Å². The second-order valence-electron chi connectivity index (χ2n) is 2.44. The van der Waals surface area contributed by atoms with Gasteiger partial charge in [0.1, 0.15) is 0 Å². The molecule has 0 saturated carbocycles. The number of nitrogen functional groups attached to an aromatic ring is 1. The molecule has 56 valence electrons. The van der Waals surface area contributed by atoms with Crippen LogP contribution in [0.5, 0.6) is 0 Å². The molecule has 2 N–H and O–H groups in total. The van der Waals surface area contributed by atoms with E-state index in [0.717, 1.165) is 11.3 Å². The second-order valence-corrected chi connectivity index (χ2v) is 2.44. The van der Waals surface area contributed by atoms with Crippen LogP contribution in [0.1, 0.15) is 5.69 Å². The van der Waals surface area contributed by atoms with E-state index < -0.39 is 0 Å². The molecule has 0 fully saturated rings. The number of fused-ring (bicyclic) bond motifs is 1. The van der Waals surface area contributed by atoms with Crippen LogP contribution in [0.4, 0.5) is 5.69 Å². The Morgan fingerprint density at radius 2 is 2.36 bits per heavy atom. The minimum absolute atomic E-state index is 0.668. The number of nitrogens with zero attached hydrogens (tertiary/aromatic N) is 3. The third-order valence-corrected chi connectivity index (χ3v) is 1.52. The first-order valence-corrected chi connectivity index (χ1v) is 3.34. The lowest BCUT2D eigenvalue weighted by molar-refractivity contribution is 0.894. The lowest BCUT2D eigenvalue weighted by Crippen LogP contribution is -1.95. The van der Waals surface area contributed by atoms with E-state index in [0.29, 0.717) is 5.69 Å². The summed E-state index contributed by atoms with van der Waals surface area (Å²) >= 11 is 0. The minimum Gasteiger partial charge on any atom is -0.396 e. The monoisotopic (exact) mass is 148 g/mol. The van der Waals surface area contributed by atoms with E-state index in [1.165, 1.54) is 0 Å². The van der Waals surface area contributed by atoms with Crippen LogP contribution in [-0.4, -0.2) is 14.6 Å². The molecule has 4 heteroatoms. The average Bonchev–Trinajstić information content (AvgIpc) is 2.33. The first-order chi connectivity index (χ1) is 5.27. The predicted octanol–water partition coefficient (Wildman–Crippen LogP) is 0.620. The Morgan fingerprint density at radius 1 is 1.55 bits per heavy atom. The van der Waals surface area contributed by atoms with Crippen LogP contribution in [0, 0.1) is 6.92 Å². The van der Waals surface area contributed by atoms with Crippen LogP contribution < -0.4 is 5.73 Å². The lowest BCUT2D eigenvalue weighted by atomic mass is 10.5. The van der Waals surface area contributed by atoms with Gasteiger partial charge in [0.15, 0.2) is 5.65 Å². The highest BCUT2D eigenvalue weighted by Crippen LogP contribution is 2.09. The van der Waals surface area contributed by atoms with Gasteiger partial charge in [-0.2, -0.15) is 5.10 Å². The zero-order valence-electron chi connectivity index (χ0n) is 6.15. The summed E-state index contributed by atoms with van der Waals surface area (Å²) < 4.78 is 1.66. The minimum atomic E-state index is 0.668. The molecule has 0 atom stereocenters. The van der Waals surface area contributed by atoms with Gasteiger partial charge in [-0.3, -0.25) is 0 Å². The van der Waals surface area contributed by atoms with Crippen LogP contribution >= 0.6 is 0 Å². The molecule has 4 nitrogen and oxygen atoms in total. The fourth-order valence-electron chi connectivity index (χ4n) is 0.979. The molecule has 2 rings (SSSR count). The Bertz CT molecular complexity index is 390. The predicted molar refractivity (Wildman–Crippen MR) is 42.1 cm³/mol. The van der Waals surface area contributed by atoms with E-state index >= 15 is 0 Å². The SMILES string of the molecule is Cc1cnn2ccc(N)c2n1. The normalized spacial score (nSPS) is 10.6. The lowest BCUT2D eigenvalue weighted by Gasteiger charge is -1.94. The fourth-order valence-corrected chi connectivity index (χ4v) is 0.979. The molecule has 2 aromatic heterocycles. The van der Waals surface area contributed by atoms with Crippen LogP contribution in [0.25, 0.3) is 5.65 Å². The van der Waals surface area contributed by atoms with E-state index in [9.17, 15) is 0 Å². The first kappa shape index (κ1) is 6.15. The van der Waals surface area contributed by atoms with Crippen LogP contribution in [-0.2, 0) is 0 Å². The summed E-state index contributed by atoms with van der Waals surface area (Å²) in [5.41, 5.74) is 7.89. The number of anilines is 1. The number of rotatable bonds is 0. The highest BCUT2D eigenvalue weighted by atomic mass is 15.2. The van der Waals surface area contributed by atoms with E-state index in [1.54, 1.807) is 23.0 Å². The Morgan fingerprint density at radius 3 is 3.18 bits per heavy atom. The quantitative estimate of drug-likeness (QED) is 0.595. The van der Waals surface area contributed by atoms with Crippen molar-refractivity contribution in [2.45, 2.75) is 6.92 Å². The van der Waals surface area contributed by atoms with Crippen LogP contribution in [0.3, 0.4) is 0 Å². The molecule has 0 unspecified atom stereocenters. The van der Waals surface area contributed by atoms with E-state index in [-0.39, 0.29) is 0 Å². The van der Waals surface area contributed by atoms with Gasteiger partial charge < -0.3 is 5.73 Å². The Kier molecular flexibility index (Phi) is 1.09. The topological polar surface area (TPSA) is 56.2 Å². The molecule has 0 spiro atoms. The zero-order chi connectivity index (χ0) is 7.84. The molecular formula is C7H8N4. The molecular weight excluding hydrogens is 140 g/mol. The fraction of sp³-hybridized carbons (Fsp3) is 0.143. The van der Waals surface area contributed by atoms with Crippen LogP contribution in [0.2, 0.25) is 0 Å². The van der Waals surface area contributed by atoms with Crippen molar-refractivity contribution < 1.29 is 0 Å². The second kappa shape index (κ2) is 1.95. The van der Waals surface area contributed by atoms with Gasteiger partial charge >= 0.3 is 0 Å². The Balaban J connectivity index is 2.87. The van der Waals surface area contributed by atoms with Gasteiger partial charge in [0.25, 0.3) is 0 Å². The molecule has 0 amide bonds. The summed E-state index contributed by atoms with van der Waals surface area (Å²) in [4.78, 5) is 4.21. The van der Waals surface area contributed by atoms with Crippen molar-refractivity contribution in [3.8, 4) is 0 Å². The van der Waals surface area contributed by atoms with Crippen molar-refractivity contribution in [3.63, 3.8) is 0 Å². The Labute approximate surface area is 63.7 Å². The Hall–Kier alpha value is -1.58. The van der Waals surface area contributed by atoms with Crippen molar-refractivity contribution in [2.75, 3.05) is 5.73 Å². The summed E-state index contributed by atoms with van der Waals surface area (Å²) in [5.74, 6) is 0. The summed E-state index contributed by atoms with van der Waals surface area (Å²) in [5, 5.41) is 4.08. The molecule has 2 aromatic rings. The summed E-state index contributed by atoms with van der Waals surface area (Å²) in [6.07, 6.45) is 3.49. The number of aromatic nitrogens is 3. The van der Waals surface area contributed by atoms with Crippen molar-refractivity contribution >= 4 is 11.3 Å². The highest BCUT2D eigenvalue weighted by molar-refractivity contribution is 5.64. The van der Waals surface area contributed by atoms with Crippen molar-refractivity contribution in [1.29, 1.82) is 0 Å².